The lowest BCUT2D eigenvalue weighted by molar-refractivity contribution is 0.165. The highest BCUT2D eigenvalue weighted by Crippen LogP contribution is 2.31. The summed E-state index contributed by atoms with van der Waals surface area (Å²) in [4.78, 5) is 2.50. The van der Waals surface area contributed by atoms with Crippen molar-refractivity contribution in [1.82, 2.24) is 10.2 Å². The Morgan fingerprint density at radius 2 is 1.90 bits per heavy atom. The van der Waals surface area contributed by atoms with Gasteiger partial charge in [0.1, 0.15) is 0 Å². The molecule has 1 N–H and O–H groups in total. The van der Waals surface area contributed by atoms with Gasteiger partial charge in [-0.3, -0.25) is 4.90 Å². The van der Waals surface area contributed by atoms with E-state index >= 15 is 0 Å². The second-order valence-electron chi connectivity index (χ2n) is 5.16. The Morgan fingerprint density at radius 3 is 2.50 bits per heavy atom. The highest BCUT2D eigenvalue weighted by Gasteiger charge is 2.19. The van der Waals surface area contributed by atoms with E-state index in [2.05, 4.69) is 36.2 Å². The van der Waals surface area contributed by atoms with Crippen molar-refractivity contribution in [3.63, 3.8) is 0 Å². The SMILES string of the molecule is COc1cc(C)c(CN2CCNC[C@H]2C)cc1OC.Cl. The van der Waals surface area contributed by atoms with Crippen molar-refractivity contribution < 1.29 is 9.47 Å². The van der Waals surface area contributed by atoms with Crippen LogP contribution in [0.4, 0.5) is 0 Å². The molecule has 1 aromatic rings. The van der Waals surface area contributed by atoms with Crippen LogP contribution in [-0.2, 0) is 6.54 Å². The van der Waals surface area contributed by atoms with E-state index in [4.69, 9.17) is 9.47 Å². The number of nitrogens with zero attached hydrogens (tertiary/aromatic N) is 1. The molecule has 1 fully saturated rings. The summed E-state index contributed by atoms with van der Waals surface area (Å²) in [5.41, 5.74) is 2.56. The van der Waals surface area contributed by atoms with Gasteiger partial charge in [-0.05, 0) is 37.1 Å². The molecular formula is C15H25ClN2O2. The molecule has 0 aromatic heterocycles. The molecule has 0 aliphatic carbocycles. The number of piperazine rings is 1. The van der Waals surface area contributed by atoms with Gasteiger partial charge in [0.05, 0.1) is 14.2 Å². The van der Waals surface area contributed by atoms with Gasteiger partial charge in [0, 0.05) is 32.2 Å². The first-order valence-electron chi connectivity index (χ1n) is 6.82. The summed E-state index contributed by atoms with van der Waals surface area (Å²) >= 11 is 0. The molecule has 1 aliphatic rings. The quantitative estimate of drug-likeness (QED) is 0.924. The molecule has 114 valence electrons. The van der Waals surface area contributed by atoms with Gasteiger partial charge in [0.15, 0.2) is 11.5 Å². The van der Waals surface area contributed by atoms with E-state index in [-0.39, 0.29) is 12.4 Å². The van der Waals surface area contributed by atoms with Crippen molar-refractivity contribution in [2.45, 2.75) is 26.4 Å². The number of hydrogen-bond acceptors (Lipinski definition) is 4. The van der Waals surface area contributed by atoms with Crippen LogP contribution in [-0.4, -0.2) is 44.8 Å². The van der Waals surface area contributed by atoms with Gasteiger partial charge in [0.25, 0.3) is 0 Å². The number of methoxy groups -OCH3 is 2. The lowest BCUT2D eigenvalue weighted by atomic mass is 10.1. The Bertz CT molecular complexity index is 440. The maximum absolute atomic E-state index is 5.39. The molecular weight excluding hydrogens is 276 g/mol. The van der Waals surface area contributed by atoms with Gasteiger partial charge in [-0.1, -0.05) is 0 Å². The fourth-order valence-corrected chi connectivity index (χ4v) is 2.53. The lowest BCUT2D eigenvalue weighted by Gasteiger charge is -2.34. The molecule has 0 amide bonds. The Morgan fingerprint density at radius 1 is 1.25 bits per heavy atom. The molecule has 2 rings (SSSR count). The molecule has 0 saturated carbocycles. The van der Waals surface area contributed by atoms with E-state index in [1.54, 1.807) is 14.2 Å². The molecule has 0 bridgehead atoms. The Labute approximate surface area is 127 Å². The first-order valence-corrected chi connectivity index (χ1v) is 6.82. The number of benzene rings is 1. The summed E-state index contributed by atoms with van der Waals surface area (Å²) in [5.74, 6) is 1.61. The van der Waals surface area contributed by atoms with E-state index in [1.165, 1.54) is 11.1 Å². The average molecular weight is 301 g/mol. The molecule has 1 aliphatic heterocycles. The van der Waals surface area contributed by atoms with Crippen LogP contribution in [0.15, 0.2) is 12.1 Å². The summed E-state index contributed by atoms with van der Waals surface area (Å²) < 4.78 is 10.7. The summed E-state index contributed by atoms with van der Waals surface area (Å²) in [5, 5.41) is 3.42. The highest BCUT2D eigenvalue weighted by atomic mass is 35.5. The summed E-state index contributed by atoms with van der Waals surface area (Å²) in [7, 11) is 3.36. The second kappa shape index (κ2) is 7.72. The summed E-state index contributed by atoms with van der Waals surface area (Å²) in [6, 6.07) is 4.73. The third kappa shape index (κ3) is 3.78. The van der Waals surface area contributed by atoms with Crippen LogP contribution in [0.1, 0.15) is 18.1 Å². The largest absolute Gasteiger partial charge is 0.493 e. The zero-order valence-electron chi connectivity index (χ0n) is 12.7. The van der Waals surface area contributed by atoms with Gasteiger partial charge in [-0.2, -0.15) is 0 Å². The number of nitrogens with one attached hydrogen (secondary N) is 1. The fourth-order valence-electron chi connectivity index (χ4n) is 2.53. The molecule has 1 aromatic carbocycles. The minimum atomic E-state index is 0. The maximum Gasteiger partial charge on any atom is 0.161 e. The predicted octanol–water partition coefficient (Wildman–Crippen LogP) is 2.23. The zero-order valence-corrected chi connectivity index (χ0v) is 13.5. The van der Waals surface area contributed by atoms with Crippen LogP contribution < -0.4 is 14.8 Å². The minimum absolute atomic E-state index is 0. The van der Waals surface area contributed by atoms with E-state index in [1.807, 2.05) is 0 Å². The Kier molecular flexibility index (Phi) is 6.59. The molecule has 1 saturated heterocycles. The first-order chi connectivity index (χ1) is 9.15. The summed E-state index contributed by atoms with van der Waals surface area (Å²) in [6.45, 7) is 8.58. The molecule has 1 heterocycles. The Hall–Kier alpha value is -0.970. The molecule has 0 spiro atoms. The molecule has 1 atom stereocenters. The van der Waals surface area contributed by atoms with E-state index < -0.39 is 0 Å². The standard InChI is InChI=1S/C15H24N2O2.ClH/c1-11-7-14(18-3)15(19-4)8-13(11)10-17-6-5-16-9-12(17)2;/h7-8,12,16H,5-6,9-10H2,1-4H3;1H/t12-;/m1./s1. The van der Waals surface area contributed by atoms with Crippen LogP contribution in [0.3, 0.4) is 0 Å². The van der Waals surface area contributed by atoms with Crippen molar-refractivity contribution in [1.29, 1.82) is 0 Å². The van der Waals surface area contributed by atoms with Crippen LogP contribution in [0.5, 0.6) is 11.5 Å². The van der Waals surface area contributed by atoms with Crippen LogP contribution in [0.2, 0.25) is 0 Å². The van der Waals surface area contributed by atoms with Crippen molar-refractivity contribution in [2.75, 3.05) is 33.9 Å². The normalized spacial score (nSPS) is 19.3. The number of rotatable bonds is 4. The second-order valence-corrected chi connectivity index (χ2v) is 5.16. The minimum Gasteiger partial charge on any atom is -0.493 e. The zero-order chi connectivity index (χ0) is 13.8. The molecule has 5 heteroatoms. The fraction of sp³-hybridized carbons (Fsp3) is 0.600. The smallest absolute Gasteiger partial charge is 0.161 e. The van der Waals surface area contributed by atoms with E-state index in [0.29, 0.717) is 6.04 Å². The molecule has 0 unspecified atom stereocenters. The maximum atomic E-state index is 5.39. The van der Waals surface area contributed by atoms with Gasteiger partial charge >= 0.3 is 0 Å². The van der Waals surface area contributed by atoms with Crippen LogP contribution in [0, 0.1) is 6.92 Å². The average Bonchev–Trinajstić information content (AvgIpc) is 2.42. The number of aryl methyl sites for hydroxylation is 1. The van der Waals surface area contributed by atoms with Gasteiger partial charge in [-0.25, -0.2) is 0 Å². The van der Waals surface area contributed by atoms with Crippen molar-refractivity contribution >= 4 is 12.4 Å². The first kappa shape index (κ1) is 17.1. The van der Waals surface area contributed by atoms with Gasteiger partial charge in [0.2, 0.25) is 0 Å². The van der Waals surface area contributed by atoms with Crippen molar-refractivity contribution in [3.05, 3.63) is 23.3 Å². The van der Waals surface area contributed by atoms with Crippen molar-refractivity contribution in [3.8, 4) is 11.5 Å². The van der Waals surface area contributed by atoms with Gasteiger partial charge < -0.3 is 14.8 Å². The molecule has 0 radical (unpaired) electrons. The third-order valence-electron chi connectivity index (χ3n) is 3.85. The number of ether oxygens (including phenoxy) is 2. The number of hydrogen-bond donors (Lipinski definition) is 1. The lowest BCUT2D eigenvalue weighted by Crippen LogP contribution is -2.49. The van der Waals surface area contributed by atoms with E-state index in [9.17, 15) is 0 Å². The number of halogens is 1. The van der Waals surface area contributed by atoms with Crippen molar-refractivity contribution in [2.24, 2.45) is 0 Å². The molecule has 20 heavy (non-hydrogen) atoms. The van der Waals surface area contributed by atoms with Gasteiger partial charge in [-0.15, -0.1) is 12.4 Å². The predicted molar refractivity (Wildman–Crippen MR) is 84.3 cm³/mol. The topological polar surface area (TPSA) is 33.7 Å². The monoisotopic (exact) mass is 300 g/mol. The summed E-state index contributed by atoms with van der Waals surface area (Å²) in [6.07, 6.45) is 0. The van der Waals surface area contributed by atoms with Crippen LogP contribution >= 0.6 is 12.4 Å². The third-order valence-corrected chi connectivity index (χ3v) is 3.85. The Balaban J connectivity index is 0.00000200. The molecule has 4 nitrogen and oxygen atoms in total. The highest BCUT2D eigenvalue weighted by molar-refractivity contribution is 5.85. The van der Waals surface area contributed by atoms with E-state index in [0.717, 1.165) is 37.7 Å². The van der Waals surface area contributed by atoms with Crippen LogP contribution in [0.25, 0.3) is 0 Å².